The number of fused-ring (bicyclic) bond motifs is 1. The number of carbonyl (C=O) groups excluding carboxylic acids is 1. The van der Waals surface area contributed by atoms with Crippen molar-refractivity contribution >= 4 is 29.5 Å². The molecule has 0 unspecified atom stereocenters. The van der Waals surface area contributed by atoms with Gasteiger partial charge >= 0.3 is 5.97 Å². The summed E-state index contributed by atoms with van der Waals surface area (Å²) >= 11 is 1.32. The minimum atomic E-state index is -0.572. The summed E-state index contributed by atoms with van der Waals surface area (Å²) in [5.74, 6) is -0.448. The molecule has 0 amide bonds. The van der Waals surface area contributed by atoms with E-state index in [-0.39, 0.29) is 12.2 Å². The highest BCUT2D eigenvalue weighted by Gasteiger charge is 2.33. The second-order valence-electron chi connectivity index (χ2n) is 7.01. The molecular weight excluding hydrogens is 408 g/mol. The minimum Gasteiger partial charge on any atom is -0.463 e. The molecule has 0 N–H and O–H groups in total. The van der Waals surface area contributed by atoms with Crippen molar-refractivity contribution in [2.75, 3.05) is 6.61 Å². The third-order valence-electron chi connectivity index (χ3n) is 4.97. The van der Waals surface area contributed by atoms with Gasteiger partial charge in [0.1, 0.15) is 0 Å². The van der Waals surface area contributed by atoms with E-state index in [4.69, 9.17) is 4.74 Å². The van der Waals surface area contributed by atoms with Gasteiger partial charge in [-0.25, -0.2) is 9.79 Å². The lowest BCUT2D eigenvalue weighted by Gasteiger charge is -2.24. The second-order valence-corrected chi connectivity index (χ2v) is 8.01. The lowest BCUT2D eigenvalue weighted by atomic mass is 9.96. The number of hydrogen-bond acceptors (Lipinski definition) is 5. The molecule has 31 heavy (non-hydrogen) atoms. The smallest absolute Gasteiger partial charge is 0.338 e. The van der Waals surface area contributed by atoms with Crippen LogP contribution in [-0.2, 0) is 9.53 Å². The number of carbonyl (C=O) groups is 1. The number of ether oxygens (including phenoxy) is 1. The van der Waals surface area contributed by atoms with Gasteiger partial charge in [0.25, 0.3) is 5.56 Å². The average molecular weight is 431 g/mol. The first-order chi connectivity index (χ1) is 15.1. The predicted molar refractivity (Wildman–Crippen MR) is 123 cm³/mol. The Labute approximate surface area is 184 Å². The molecule has 3 aromatic rings. The van der Waals surface area contributed by atoms with Crippen LogP contribution in [0.1, 0.15) is 31.0 Å². The molecule has 1 aliphatic heterocycles. The van der Waals surface area contributed by atoms with Crippen LogP contribution in [0.25, 0.3) is 12.2 Å². The summed E-state index contributed by atoms with van der Waals surface area (Å²) in [4.78, 5) is 31.3. The zero-order valence-electron chi connectivity index (χ0n) is 17.3. The SMILES string of the molecule is CCOC(=O)C1=C(C)N=c2s/c(=C/C=C/c3ccccc3)c(=O)n2[C@@H]1c1ccccc1. The van der Waals surface area contributed by atoms with Gasteiger partial charge in [-0.1, -0.05) is 84.2 Å². The van der Waals surface area contributed by atoms with E-state index in [1.54, 1.807) is 24.5 Å². The van der Waals surface area contributed by atoms with Crippen LogP contribution in [0.4, 0.5) is 0 Å². The predicted octanol–water partition coefficient (Wildman–Crippen LogP) is 3.46. The lowest BCUT2D eigenvalue weighted by molar-refractivity contribution is -0.139. The van der Waals surface area contributed by atoms with Gasteiger partial charge in [-0.2, -0.15) is 0 Å². The fraction of sp³-hybridized carbons (Fsp3) is 0.160. The van der Waals surface area contributed by atoms with Gasteiger partial charge in [0.2, 0.25) is 0 Å². The van der Waals surface area contributed by atoms with Crippen LogP contribution in [0.3, 0.4) is 0 Å². The summed E-state index contributed by atoms with van der Waals surface area (Å²) in [6.07, 6.45) is 5.60. The van der Waals surface area contributed by atoms with Crippen LogP contribution in [0, 0.1) is 0 Å². The fourth-order valence-electron chi connectivity index (χ4n) is 3.57. The van der Waals surface area contributed by atoms with Crippen molar-refractivity contribution in [1.82, 2.24) is 4.57 Å². The van der Waals surface area contributed by atoms with Crippen molar-refractivity contribution in [3.8, 4) is 0 Å². The molecule has 156 valence electrons. The Hall–Kier alpha value is -3.51. The summed E-state index contributed by atoms with van der Waals surface area (Å²) < 4.78 is 7.45. The molecule has 0 bridgehead atoms. The molecule has 6 heteroatoms. The Balaban J connectivity index is 1.85. The maximum atomic E-state index is 13.3. The van der Waals surface area contributed by atoms with Crippen LogP contribution in [-0.4, -0.2) is 17.1 Å². The maximum Gasteiger partial charge on any atom is 0.338 e. The van der Waals surface area contributed by atoms with E-state index in [0.29, 0.717) is 20.6 Å². The van der Waals surface area contributed by atoms with Crippen molar-refractivity contribution in [3.63, 3.8) is 0 Å². The molecule has 0 aliphatic carbocycles. The van der Waals surface area contributed by atoms with E-state index >= 15 is 0 Å². The third kappa shape index (κ3) is 4.20. The molecule has 4 rings (SSSR count). The van der Waals surface area contributed by atoms with Crippen molar-refractivity contribution in [2.24, 2.45) is 4.99 Å². The molecule has 0 radical (unpaired) electrons. The number of thiazole rings is 1. The first kappa shape index (κ1) is 20.8. The van der Waals surface area contributed by atoms with Gasteiger partial charge in [0.15, 0.2) is 4.80 Å². The Morgan fingerprint density at radius 2 is 1.81 bits per heavy atom. The van der Waals surface area contributed by atoms with Gasteiger partial charge in [-0.15, -0.1) is 0 Å². The number of hydrogen-bond donors (Lipinski definition) is 0. The van der Waals surface area contributed by atoms with Crippen molar-refractivity contribution in [1.29, 1.82) is 0 Å². The summed E-state index contributed by atoms with van der Waals surface area (Å²) in [5.41, 5.74) is 2.68. The van der Waals surface area contributed by atoms with Crippen LogP contribution in [0.15, 0.2) is 87.8 Å². The first-order valence-corrected chi connectivity index (χ1v) is 10.9. The Bertz CT molecular complexity index is 1330. The number of nitrogens with zero attached hydrogens (tertiary/aromatic N) is 2. The van der Waals surface area contributed by atoms with E-state index in [0.717, 1.165) is 11.1 Å². The van der Waals surface area contributed by atoms with E-state index in [1.807, 2.05) is 72.8 Å². The number of rotatable bonds is 5. The standard InChI is InChI=1S/C25H22N2O3S/c1-3-30-24(29)21-17(2)26-25-27(22(21)19-14-8-5-9-15-19)23(28)20(31-25)16-10-13-18-11-6-4-7-12-18/h4-16,22H,3H2,1-2H3/b13-10+,20-16+/t22-/m1/s1. The number of aromatic nitrogens is 1. The van der Waals surface area contributed by atoms with Crippen molar-refractivity contribution < 1.29 is 9.53 Å². The topological polar surface area (TPSA) is 60.7 Å². The summed E-state index contributed by atoms with van der Waals surface area (Å²) in [5, 5.41) is 0. The van der Waals surface area contributed by atoms with Crippen LogP contribution in [0.5, 0.6) is 0 Å². The molecule has 2 aromatic carbocycles. The quantitative estimate of drug-likeness (QED) is 0.583. The third-order valence-corrected chi connectivity index (χ3v) is 5.97. The maximum absolute atomic E-state index is 13.3. The number of allylic oxidation sites excluding steroid dienone is 2. The normalized spacial score (nSPS) is 16.3. The largest absolute Gasteiger partial charge is 0.463 e. The minimum absolute atomic E-state index is 0.176. The number of esters is 1. The zero-order chi connectivity index (χ0) is 21.8. The molecule has 1 aliphatic rings. The summed E-state index contributed by atoms with van der Waals surface area (Å²) in [6.45, 7) is 3.81. The first-order valence-electron chi connectivity index (χ1n) is 10.1. The molecule has 0 spiro atoms. The highest BCUT2D eigenvalue weighted by Crippen LogP contribution is 2.30. The molecule has 5 nitrogen and oxygen atoms in total. The highest BCUT2D eigenvalue weighted by atomic mass is 32.1. The van der Waals surface area contributed by atoms with Crippen molar-refractivity contribution in [2.45, 2.75) is 19.9 Å². The Morgan fingerprint density at radius 3 is 2.48 bits per heavy atom. The second kappa shape index (κ2) is 9.10. The zero-order valence-corrected chi connectivity index (χ0v) is 18.1. The van der Waals surface area contributed by atoms with Gasteiger partial charge in [-0.05, 0) is 31.1 Å². The number of benzene rings is 2. The highest BCUT2D eigenvalue weighted by molar-refractivity contribution is 7.07. The average Bonchev–Trinajstić information content (AvgIpc) is 3.09. The summed E-state index contributed by atoms with van der Waals surface area (Å²) in [7, 11) is 0. The van der Waals surface area contributed by atoms with E-state index in [2.05, 4.69) is 4.99 Å². The van der Waals surface area contributed by atoms with Crippen molar-refractivity contribution in [3.05, 3.63) is 109 Å². The molecular formula is C25H22N2O3S. The molecule has 0 saturated heterocycles. The van der Waals surface area contributed by atoms with Gasteiger partial charge in [0, 0.05) is 0 Å². The van der Waals surface area contributed by atoms with Crippen LogP contribution in [0.2, 0.25) is 0 Å². The van der Waals surface area contributed by atoms with Gasteiger partial charge < -0.3 is 4.74 Å². The van der Waals surface area contributed by atoms with Crippen LogP contribution < -0.4 is 14.9 Å². The lowest BCUT2D eigenvalue weighted by Crippen LogP contribution is -2.39. The monoisotopic (exact) mass is 430 g/mol. The molecule has 1 aromatic heterocycles. The summed E-state index contributed by atoms with van der Waals surface area (Å²) in [6, 6.07) is 18.8. The van der Waals surface area contributed by atoms with Crippen LogP contribution >= 0.6 is 11.3 Å². The van der Waals surface area contributed by atoms with Gasteiger partial charge in [0.05, 0.1) is 28.5 Å². The molecule has 1 atom stereocenters. The Morgan fingerprint density at radius 1 is 1.13 bits per heavy atom. The molecule has 2 heterocycles. The molecule has 0 saturated carbocycles. The van der Waals surface area contributed by atoms with E-state index < -0.39 is 12.0 Å². The molecule has 0 fully saturated rings. The van der Waals surface area contributed by atoms with Gasteiger partial charge in [-0.3, -0.25) is 9.36 Å². The Kier molecular flexibility index (Phi) is 6.09. The van der Waals surface area contributed by atoms with E-state index in [9.17, 15) is 9.59 Å². The fourth-order valence-corrected chi connectivity index (χ4v) is 4.57. The van der Waals surface area contributed by atoms with E-state index in [1.165, 1.54) is 11.3 Å².